The van der Waals surface area contributed by atoms with Crippen LogP contribution in [0.25, 0.3) is 11.4 Å². The van der Waals surface area contributed by atoms with E-state index in [4.69, 9.17) is 11.6 Å². The van der Waals surface area contributed by atoms with Crippen LogP contribution in [0.3, 0.4) is 0 Å². The molecule has 0 amide bonds. The van der Waals surface area contributed by atoms with Crippen LogP contribution in [-0.4, -0.2) is 24.9 Å². The normalized spacial score (nSPS) is 10.9. The van der Waals surface area contributed by atoms with Crippen LogP contribution in [0, 0.1) is 0 Å². The second-order valence-electron chi connectivity index (χ2n) is 6.44. The quantitative estimate of drug-likeness (QED) is 0.475. The number of benzene rings is 1. The number of carbonyl (C=O) groups is 1. The van der Waals surface area contributed by atoms with Crippen molar-refractivity contribution < 1.29 is 4.79 Å². The zero-order valence-electron chi connectivity index (χ0n) is 15.2. The van der Waals surface area contributed by atoms with Crippen LogP contribution < -0.4 is 11.2 Å². The lowest BCUT2D eigenvalue weighted by Gasteiger charge is -2.14. The molecule has 0 bridgehead atoms. The van der Waals surface area contributed by atoms with Crippen molar-refractivity contribution in [3.05, 3.63) is 104 Å². The summed E-state index contributed by atoms with van der Waals surface area (Å²) in [6, 6.07) is 13.2. The number of halogens is 1. The Morgan fingerprint density at radius 2 is 1.72 bits per heavy atom. The molecule has 0 fully saturated rings. The van der Waals surface area contributed by atoms with Crippen LogP contribution in [0.2, 0.25) is 5.02 Å². The number of ketones is 1. The molecule has 2 aliphatic rings. The van der Waals surface area contributed by atoms with E-state index in [-0.39, 0.29) is 30.3 Å². The van der Waals surface area contributed by atoms with Crippen molar-refractivity contribution in [2.75, 3.05) is 0 Å². The summed E-state index contributed by atoms with van der Waals surface area (Å²) in [7, 11) is 0. The first-order valence-corrected chi connectivity index (χ1v) is 9.18. The topological polar surface area (TPSA) is 86.9 Å². The van der Waals surface area contributed by atoms with E-state index in [9.17, 15) is 14.4 Å². The molecule has 2 aromatic rings. The number of Topliss-reactive ketones (excluding diaryl/α,β-unsaturated/α-hetero) is 1. The fraction of sp³-hybridized carbons (Fsp3) is 0.0952. The average molecular weight is 407 g/mol. The van der Waals surface area contributed by atoms with Crippen molar-refractivity contribution in [2.24, 2.45) is 0 Å². The maximum absolute atomic E-state index is 12.9. The van der Waals surface area contributed by atoms with Crippen LogP contribution >= 0.6 is 11.6 Å². The first-order chi connectivity index (χ1) is 14.0. The molecular weight excluding hydrogens is 392 g/mol. The van der Waals surface area contributed by atoms with Gasteiger partial charge in [0.25, 0.3) is 5.56 Å². The van der Waals surface area contributed by atoms with Gasteiger partial charge in [-0.1, -0.05) is 11.6 Å². The van der Waals surface area contributed by atoms with Crippen molar-refractivity contribution in [3.63, 3.8) is 0 Å². The highest BCUT2D eigenvalue weighted by molar-refractivity contribution is 6.30. The molecule has 144 valence electrons. The monoisotopic (exact) mass is 406 g/mol. The third-order valence-electron chi connectivity index (χ3n) is 4.52. The summed E-state index contributed by atoms with van der Waals surface area (Å²) in [6.45, 7) is 0.0426. The molecule has 0 saturated heterocycles. The third-order valence-corrected chi connectivity index (χ3v) is 4.77. The average Bonchev–Trinajstić information content (AvgIpc) is 2.73. The van der Waals surface area contributed by atoms with E-state index in [2.05, 4.69) is 9.97 Å². The number of rotatable bonds is 5. The van der Waals surface area contributed by atoms with Crippen molar-refractivity contribution in [1.82, 2.24) is 19.1 Å². The Hall–Kier alpha value is -3.58. The van der Waals surface area contributed by atoms with Crippen molar-refractivity contribution in [3.8, 4) is 11.4 Å². The lowest BCUT2D eigenvalue weighted by Crippen LogP contribution is -2.38. The molecule has 7 nitrogen and oxygen atoms in total. The van der Waals surface area contributed by atoms with E-state index in [0.29, 0.717) is 10.6 Å². The molecule has 0 aliphatic carbocycles. The zero-order chi connectivity index (χ0) is 20.4. The highest BCUT2D eigenvalue weighted by Crippen LogP contribution is 2.15. The summed E-state index contributed by atoms with van der Waals surface area (Å²) in [4.78, 5) is 46.0. The lowest BCUT2D eigenvalue weighted by atomic mass is 10.1. The van der Waals surface area contributed by atoms with Gasteiger partial charge in [0.1, 0.15) is 0 Å². The van der Waals surface area contributed by atoms with Crippen LogP contribution in [0.1, 0.15) is 15.9 Å². The summed E-state index contributed by atoms with van der Waals surface area (Å²) in [5.74, 6) is -0.00910. The Balaban J connectivity index is 1.72. The summed E-state index contributed by atoms with van der Waals surface area (Å²) in [6.07, 6.45) is 4.81. The van der Waals surface area contributed by atoms with Gasteiger partial charge < -0.3 is 4.57 Å². The fourth-order valence-electron chi connectivity index (χ4n) is 3.04. The number of fused-ring (bicyclic) bond motifs is 1. The molecule has 8 heteroatoms. The SMILES string of the molecule is O=C(Cn1cccc2c(=O)n(Cc3ccncc3)c(=O)nc1-2)c1ccc(Cl)cc1. The summed E-state index contributed by atoms with van der Waals surface area (Å²) < 4.78 is 2.58. The predicted molar refractivity (Wildman–Crippen MR) is 109 cm³/mol. The number of nitrogens with zero attached hydrogens (tertiary/aromatic N) is 4. The van der Waals surface area contributed by atoms with Crippen LogP contribution in [-0.2, 0) is 13.1 Å². The van der Waals surface area contributed by atoms with E-state index in [1.54, 1.807) is 67.1 Å². The summed E-state index contributed by atoms with van der Waals surface area (Å²) in [5, 5.41) is 0.534. The Kier molecular flexibility index (Phi) is 5.05. The molecule has 3 heterocycles. The van der Waals surface area contributed by atoms with Gasteiger partial charge >= 0.3 is 5.69 Å². The minimum absolute atomic E-state index is 0.0563. The summed E-state index contributed by atoms with van der Waals surface area (Å²) >= 11 is 5.86. The van der Waals surface area contributed by atoms with Gasteiger partial charge in [-0.25, -0.2) is 4.79 Å². The molecule has 0 N–H and O–H groups in total. The molecule has 0 saturated carbocycles. The standard InChI is InChI=1S/C21H15ClN4O3/c22-16-5-3-15(4-6-16)18(27)13-25-11-1-2-17-19(25)24-21(29)26(20(17)28)12-14-7-9-23-10-8-14/h1-11H,12-13H2. The maximum atomic E-state index is 12.9. The van der Waals surface area contributed by atoms with Gasteiger partial charge in [0, 0.05) is 29.2 Å². The molecular formula is C21H15ClN4O3. The second kappa shape index (κ2) is 7.81. The van der Waals surface area contributed by atoms with Gasteiger partial charge in [-0.05, 0) is 54.1 Å². The Morgan fingerprint density at radius 1 is 1.00 bits per heavy atom. The van der Waals surface area contributed by atoms with Crippen LogP contribution in [0.15, 0.2) is 76.7 Å². The molecule has 1 aromatic carbocycles. The maximum Gasteiger partial charge on any atom is 0.352 e. The fourth-order valence-corrected chi connectivity index (χ4v) is 3.16. The van der Waals surface area contributed by atoms with E-state index in [1.807, 2.05) is 0 Å². The number of hydrogen-bond donors (Lipinski definition) is 0. The molecule has 29 heavy (non-hydrogen) atoms. The third kappa shape index (κ3) is 3.86. The van der Waals surface area contributed by atoms with Crippen molar-refractivity contribution in [1.29, 1.82) is 0 Å². The van der Waals surface area contributed by atoms with Gasteiger partial charge in [0.2, 0.25) is 0 Å². The second-order valence-corrected chi connectivity index (χ2v) is 6.88. The van der Waals surface area contributed by atoms with Gasteiger partial charge in [-0.15, -0.1) is 0 Å². The minimum Gasteiger partial charge on any atom is -0.324 e. The van der Waals surface area contributed by atoms with E-state index >= 15 is 0 Å². The van der Waals surface area contributed by atoms with Crippen molar-refractivity contribution in [2.45, 2.75) is 13.1 Å². The number of carbonyl (C=O) groups excluding carboxylic acids is 1. The first-order valence-electron chi connectivity index (χ1n) is 8.80. The lowest BCUT2D eigenvalue weighted by molar-refractivity contribution is 0.0972. The zero-order valence-corrected chi connectivity index (χ0v) is 15.9. The molecule has 1 aromatic heterocycles. The number of pyridine rings is 2. The molecule has 0 unspecified atom stereocenters. The van der Waals surface area contributed by atoms with Gasteiger partial charge in [0.05, 0.1) is 18.7 Å². The Labute approximate surface area is 170 Å². The number of aromatic nitrogens is 4. The highest BCUT2D eigenvalue weighted by Gasteiger charge is 2.18. The van der Waals surface area contributed by atoms with Gasteiger partial charge in [0.15, 0.2) is 11.6 Å². The smallest absolute Gasteiger partial charge is 0.324 e. The summed E-state index contributed by atoms with van der Waals surface area (Å²) in [5.41, 5.74) is 0.391. The van der Waals surface area contributed by atoms with E-state index in [1.165, 1.54) is 4.57 Å². The van der Waals surface area contributed by atoms with Crippen LogP contribution in [0.4, 0.5) is 0 Å². The highest BCUT2D eigenvalue weighted by atomic mass is 35.5. The molecule has 0 spiro atoms. The Bertz CT molecular complexity index is 1260. The van der Waals surface area contributed by atoms with Gasteiger partial charge in [-0.2, -0.15) is 4.98 Å². The minimum atomic E-state index is -0.668. The number of hydrogen-bond acceptors (Lipinski definition) is 5. The van der Waals surface area contributed by atoms with Crippen LogP contribution in [0.5, 0.6) is 0 Å². The molecule has 4 rings (SSSR count). The molecule has 0 radical (unpaired) electrons. The van der Waals surface area contributed by atoms with E-state index < -0.39 is 11.2 Å². The van der Waals surface area contributed by atoms with Gasteiger partial charge in [-0.3, -0.25) is 19.1 Å². The Morgan fingerprint density at radius 3 is 2.45 bits per heavy atom. The largest absolute Gasteiger partial charge is 0.352 e. The van der Waals surface area contributed by atoms with E-state index in [0.717, 1.165) is 10.1 Å². The first kappa shape index (κ1) is 18.8. The predicted octanol–water partition coefficient (Wildman–Crippen LogP) is 2.49. The molecule has 2 aliphatic heterocycles. The molecule has 0 atom stereocenters. The van der Waals surface area contributed by atoms with Crippen molar-refractivity contribution >= 4 is 17.4 Å².